The first kappa shape index (κ1) is 19.1. The van der Waals surface area contributed by atoms with Gasteiger partial charge < -0.3 is 9.84 Å². The molecule has 0 spiro atoms. The predicted molar refractivity (Wildman–Crippen MR) is 113 cm³/mol. The lowest BCUT2D eigenvalue weighted by molar-refractivity contribution is 0.419. The molecule has 0 fully saturated rings. The lowest BCUT2D eigenvalue weighted by atomic mass is 10.2. The number of benzene rings is 2. The highest BCUT2D eigenvalue weighted by atomic mass is 35.5. The van der Waals surface area contributed by atoms with E-state index in [4.69, 9.17) is 16.1 Å². The molecule has 2 aromatic carbocycles. The van der Waals surface area contributed by atoms with E-state index in [0.717, 1.165) is 5.56 Å². The van der Waals surface area contributed by atoms with Crippen LogP contribution in [0, 0.1) is 5.82 Å². The van der Waals surface area contributed by atoms with Crippen LogP contribution in [0.2, 0.25) is 5.02 Å². The SMILES string of the molecule is CC(Nc1ccc2nnc(-c3ccccc3F)n2n1)c1noc(-c2ccc(Cl)cc2)n1. The van der Waals surface area contributed by atoms with Crippen molar-refractivity contribution < 1.29 is 8.91 Å². The highest BCUT2D eigenvalue weighted by Gasteiger charge is 2.17. The van der Waals surface area contributed by atoms with Crippen LogP contribution >= 0.6 is 11.6 Å². The second-order valence-corrected chi connectivity index (χ2v) is 7.26. The Hall–Kier alpha value is -3.85. The van der Waals surface area contributed by atoms with Gasteiger partial charge in [-0.3, -0.25) is 0 Å². The predicted octanol–water partition coefficient (Wildman–Crippen LogP) is 4.81. The first-order valence-electron chi connectivity index (χ1n) is 9.42. The summed E-state index contributed by atoms with van der Waals surface area (Å²) in [5.74, 6) is 1.30. The zero-order chi connectivity index (χ0) is 21.4. The van der Waals surface area contributed by atoms with Crippen LogP contribution in [0.5, 0.6) is 0 Å². The van der Waals surface area contributed by atoms with Crippen molar-refractivity contribution in [1.29, 1.82) is 0 Å². The van der Waals surface area contributed by atoms with Gasteiger partial charge in [-0.2, -0.15) is 9.50 Å². The van der Waals surface area contributed by atoms with Gasteiger partial charge in [0, 0.05) is 10.6 Å². The summed E-state index contributed by atoms with van der Waals surface area (Å²) in [4.78, 5) is 4.44. The Morgan fingerprint density at radius 3 is 2.65 bits per heavy atom. The topological polar surface area (TPSA) is 94.0 Å². The molecule has 154 valence electrons. The Labute approximate surface area is 180 Å². The first-order valence-corrected chi connectivity index (χ1v) is 9.80. The van der Waals surface area contributed by atoms with Crippen LogP contribution in [0.1, 0.15) is 18.8 Å². The van der Waals surface area contributed by atoms with Gasteiger partial charge in [-0.05, 0) is 55.5 Å². The van der Waals surface area contributed by atoms with Crippen molar-refractivity contribution in [1.82, 2.24) is 30.0 Å². The number of rotatable bonds is 5. The van der Waals surface area contributed by atoms with Gasteiger partial charge in [-0.15, -0.1) is 15.3 Å². The van der Waals surface area contributed by atoms with Gasteiger partial charge >= 0.3 is 0 Å². The number of hydrogen-bond acceptors (Lipinski definition) is 7. The van der Waals surface area contributed by atoms with Crippen LogP contribution in [-0.4, -0.2) is 30.0 Å². The lowest BCUT2D eigenvalue weighted by Crippen LogP contribution is -2.11. The van der Waals surface area contributed by atoms with Crippen LogP contribution in [-0.2, 0) is 0 Å². The smallest absolute Gasteiger partial charge is 0.257 e. The Morgan fingerprint density at radius 1 is 1.03 bits per heavy atom. The van der Waals surface area contributed by atoms with Crippen molar-refractivity contribution in [3.63, 3.8) is 0 Å². The van der Waals surface area contributed by atoms with E-state index >= 15 is 0 Å². The molecule has 0 radical (unpaired) electrons. The van der Waals surface area contributed by atoms with Gasteiger partial charge in [-0.1, -0.05) is 28.9 Å². The third kappa shape index (κ3) is 3.71. The molecule has 0 aliphatic heterocycles. The van der Waals surface area contributed by atoms with Gasteiger partial charge in [0.2, 0.25) is 0 Å². The van der Waals surface area contributed by atoms with E-state index in [1.54, 1.807) is 42.5 Å². The molecule has 5 aromatic rings. The van der Waals surface area contributed by atoms with E-state index in [-0.39, 0.29) is 6.04 Å². The summed E-state index contributed by atoms with van der Waals surface area (Å²) in [6, 6.07) is 16.7. The molecule has 0 aliphatic carbocycles. The summed E-state index contributed by atoms with van der Waals surface area (Å²) < 4.78 is 21.1. The maximum absolute atomic E-state index is 14.2. The summed E-state index contributed by atoms with van der Waals surface area (Å²) in [5, 5.41) is 20.6. The zero-order valence-electron chi connectivity index (χ0n) is 16.2. The van der Waals surface area contributed by atoms with Crippen molar-refractivity contribution in [2.75, 3.05) is 5.32 Å². The number of nitrogens with zero attached hydrogens (tertiary/aromatic N) is 6. The molecule has 3 aromatic heterocycles. The number of fused-ring (bicyclic) bond motifs is 1. The molecule has 0 amide bonds. The average molecular weight is 436 g/mol. The second-order valence-electron chi connectivity index (χ2n) is 6.82. The second kappa shape index (κ2) is 7.77. The van der Waals surface area contributed by atoms with Gasteiger partial charge in [0.25, 0.3) is 5.89 Å². The van der Waals surface area contributed by atoms with Crippen molar-refractivity contribution in [2.24, 2.45) is 0 Å². The van der Waals surface area contributed by atoms with Gasteiger partial charge in [0.05, 0.1) is 11.6 Å². The van der Waals surface area contributed by atoms with Crippen molar-refractivity contribution in [3.05, 3.63) is 77.3 Å². The summed E-state index contributed by atoms with van der Waals surface area (Å²) in [5.41, 5.74) is 1.59. The van der Waals surface area contributed by atoms with Crippen LogP contribution in [0.25, 0.3) is 28.5 Å². The Balaban J connectivity index is 1.41. The summed E-state index contributed by atoms with van der Waals surface area (Å²) in [7, 11) is 0. The maximum atomic E-state index is 14.2. The molecular weight excluding hydrogens is 421 g/mol. The van der Waals surface area contributed by atoms with Crippen molar-refractivity contribution in [3.8, 4) is 22.8 Å². The Kier molecular flexibility index (Phi) is 4.79. The minimum atomic E-state index is -0.396. The number of anilines is 1. The van der Waals surface area contributed by atoms with Gasteiger partial charge in [0.1, 0.15) is 11.6 Å². The van der Waals surface area contributed by atoms with Gasteiger partial charge in [0.15, 0.2) is 17.3 Å². The molecule has 1 N–H and O–H groups in total. The monoisotopic (exact) mass is 435 g/mol. The molecule has 1 atom stereocenters. The minimum Gasteiger partial charge on any atom is -0.359 e. The van der Waals surface area contributed by atoms with E-state index in [0.29, 0.717) is 39.6 Å². The van der Waals surface area contributed by atoms with Crippen LogP contribution in [0.4, 0.5) is 10.2 Å². The first-order chi connectivity index (χ1) is 15.1. The number of nitrogens with one attached hydrogen (secondary N) is 1. The Morgan fingerprint density at radius 2 is 1.84 bits per heavy atom. The standard InChI is InChI=1S/C21H15ClFN7O/c1-12(19-25-21(31-29-19)13-6-8-14(22)9-7-13)24-17-10-11-18-26-27-20(30(18)28-17)15-4-2-3-5-16(15)23/h2-12H,1H3,(H,24,28). The molecule has 0 saturated heterocycles. The molecule has 0 bridgehead atoms. The van der Waals surface area contributed by atoms with Crippen molar-refractivity contribution >= 4 is 23.1 Å². The van der Waals surface area contributed by atoms with E-state index < -0.39 is 5.82 Å². The van der Waals surface area contributed by atoms with Crippen LogP contribution < -0.4 is 5.32 Å². The molecule has 10 heteroatoms. The molecule has 0 aliphatic rings. The lowest BCUT2D eigenvalue weighted by Gasteiger charge is -2.10. The quantitative estimate of drug-likeness (QED) is 0.423. The summed E-state index contributed by atoms with van der Waals surface area (Å²) in [6.07, 6.45) is 0. The molecule has 5 rings (SSSR count). The number of hydrogen-bond donors (Lipinski definition) is 1. The summed E-state index contributed by atoms with van der Waals surface area (Å²) >= 11 is 5.92. The highest BCUT2D eigenvalue weighted by Crippen LogP contribution is 2.24. The number of halogens is 2. The van der Waals surface area contributed by atoms with E-state index in [2.05, 4.69) is 30.8 Å². The third-order valence-electron chi connectivity index (χ3n) is 4.66. The van der Waals surface area contributed by atoms with Gasteiger partial charge in [-0.25, -0.2) is 4.39 Å². The zero-order valence-corrected chi connectivity index (χ0v) is 17.0. The summed E-state index contributed by atoms with van der Waals surface area (Å²) in [6.45, 7) is 1.88. The van der Waals surface area contributed by atoms with E-state index in [1.807, 2.05) is 19.1 Å². The van der Waals surface area contributed by atoms with E-state index in [9.17, 15) is 4.39 Å². The molecule has 31 heavy (non-hydrogen) atoms. The largest absolute Gasteiger partial charge is 0.359 e. The normalized spacial score (nSPS) is 12.2. The fraction of sp³-hybridized carbons (Fsp3) is 0.0952. The Bertz CT molecular complexity index is 1370. The fourth-order valence-corrected chi connectivity index (χ4v) is 3.21. The molecule has 1 unspecified atom stereocenters. The van der Waals surface area contributed by atoms with Crippen molar-refractivity contribution in [2.45, 2.75) is 13.0 Å². The van der Waals surface area contributed by atoms with E-state index in [1.165, 1.54) is 10.6 Å². The molecule has 8 nitrogen and oxygen atoms in total. The fourth-order valence-electron chi connectivity index (χ4n) is 3.08. The minimum absolute atomic E-state index is 0.303. The molecule has 0 saturated carbocycles. The number of aromatic nitrogens is 6. The highest BCUT2D eigenvalue weighted by molar-refractivity contribution is 6.30. The van der Waals surface area contributed by atoms with Crippen LogP contribution in [0.3, 0.4) is 0 Å². The maximum Gasteiger partial charge on any atom is 0.257 e. The molecule has 3 heterocycles. The molecular formula is C21H15ClFN7O. The van der Waals surface area contributed by atoms with Crippen LogP contribution in [0.15, 0.2) is 65.2 Å². The average Bonchev–Trinajstić information content (AvgIpc) is 3.42. The third-order valence-corrected chi connectivity index (χ3v) is 4.91.